The molecule has 0 spiro atoms. The van der Waals surface area contributed by atoms with E-state index in [-0.39, 0.29) is 11.0 Å². The van der Waals surface area contributed by atoms with Crippen LogP contribution in [0.5, 0.6) is 11.5 Å². The Balaban J connectivity index is 1.84. The SMILES string of the molecule is COc1ccc(OCCNc2nnc(C(C)(C)C)c(=O)[nH]2)cc1. The smallest absolute Gasteiger partial charge is 0.274 e. The number of hydrogen-bond acceptors (Lipinski definition) is 6. The molecular weight excluding hydrogens is 296 g/mol. The predicted molar refractivity (Wildman–Crippen MR) is 88.3 cm³/mol. The third-order valence-corrected chi connectivity index (χ3v) is 3.13. The van der Waals surface area contributed by atoms with E-state index in [1.807, 2.05) is 45.0 Å². The molecular formula is C16H22N4O3. The molecule has 0 saturated carbocycles. The van der Waals surface area contributed by atoms with Gasteiger partial charge in [0.05, 0.1) is 13.7 Å². The van der Waals surface area contributed by atoms with Crippen LogP contribution in [-0.4, -0.2) is 35.4 Å². The molecule has 7 nitrogen and oxygen atoms in total. The van der Waals surface area contributed by atoms with Crippen molar-refractivity contribution in [2.24, 2.45) is 0 Å². The third kappa shape index (κ3) is 4.70. The fourth-order valence-corrected chi connectivity index (χ4v) is 1.92. The fraction of sp³-hybridized carbons (Fsp3) is 0.438. The summed E-state index contributed by atoms with van der Waals surface area (Å²) in [6.07, 6.45) is 0. The monoisotopic (exact) mass is 318 g/mol. The molecule has 1 heterocycles. The second kappa shape index (κ2) is 7.13. The Morgan fingerprint density at radius 1 is 1.13 bits per heavy atom. The molecule has 2 aromatic rings. The zero-order valence-corrected chi connectivity index (χ0v) is 13.8. The lowest BCUT2D eigenvalue weighted by Crippen LogP contribution is -2.29. The van der Waals surface area contributed by atoms with Gasteiger partial charge in [-0.1, -0.05) is 20.8 Å². The van der Waals surface area contributed by atoms with Gasteiger partial charge in [0.2, 0.25) is 5.95 Å². The Bertz CT molecular complexity index is 690. The average molecular weight is 318 g/mol. The lowest BCUT2D eigenvalue weighted by atomic mass is 9.93. The van der Waals surface area contributed by atoms with Crippen LogP contribution in [0, 0.1) is 0 Å². The van der Waals surface area contributed by atoms with E-state index >= 15 is 0 Å². The molecule has 23 heavy (non-hydrogen) atoms. The summed E-state index contributed by atoms with van der Waals surface area (Å²) in [6, 6.07) is 7.32. The topological polar surface area (TPSA) is 89.1 Å². The van der Waals surface area contributed by atoms with Crippen molar-refractivity contribution < 1.29 is 9.47 Å². The highest BCUT2D eigenvalue weighted by Gasteiger charge is 2.20. The first-order chi connectivity index (χ1) is 10.9. The molecule has 0 fully saturated rings. The molecule has 0 aliphatic rings. The Morgan fingerprint density at radius 2 is 1.78 bits per heavy atom. The van der Waals surface area contributed by atoms with Gasteiger partial charge < -0.3 is 14.8 Å². The average Bonchev–Trinajstić information content (AvgIpc) is 2.51. The minimum Gasteiger partial charge on any atom is -0.497 e. The Labute approximate surface area is 135 Å². The van der Waals surface area contributed by atoms with Crippen molar-refractivity contribution in [2.45, 2.75) is 26.2 Å². The van der Waals surface area contributed by atoms with E-state index in [0.717, 1.165) is 11.5 Å². The van der Waals surface area contributed by atoms with E-state index in [0.29, 0.717) is 24.8 Å². The maximum absolute atomic E-state index is 12.0. The highest BCUT2D eigenvalue weighted by atomic mass is 16.5. The molecule has 0 unspecified atom stereocenters. The van der Waals surface area contributed by atoms with Crippen molar-refractivity contribution in [3.8, 4) is 11.5 Å². The molecule has 2 N–H and O–H groups in total. The van der Waals surface area contributed by atoms with E-state index in [1.165, 1.54) is 0 Å². The first kappa shape index (κ1) is 16.8. The highest BCUT2D eigenvalue weighted by Crippen LogP contribution is 2.17. The molecule has 0 radical (unpaired) electrons. The molecule has 0 atom stereocenters. The number of aromatic nitrogens is 3. The van der Waals surface area contributed by atoms with E-state index in [9.17, 15) is 4.79 Å². The largest absolute Gasteiger partial charge is 0.497 e. The van der Waals surface area contributed by atoms with Gasteiger partial charge >= 0.3 is 0 Å². The lowest BCUT2D eigenvalue weighted by Gasteiger charge is -2.15. The zero-order chi connectivity index (χ0) is 16.9. The fourth-order valence-electron chi connectivity index (χ4n) is 1.92. The summed E-state index contributed by atoms with van der Waals surface area (Å²) in [5.41, 5.74) is -0.153. The van der Waals surface area contributed by atoms with Gasteiger partial charge in [-0.15, -0.1) is 10.2 Å². The number of methoxy groups -OCH3 is 1. The molecule has 0 bridgehead atoms. The molecule has 124 valence electrons. The Hall–Kier alpha value is -2.57. The minimum atomic E-state index is -0.337. The Kier molecular flexibility index (Phi) is 5.20. The van der Waals surface area contributed by atoms with Crippen LogP contribution < -0.4 is 20.3 Å². The lowest BCUT2D eigenvalue weighted by molar-refractivity contribution is 0.331. The molecule has 1 aromatic heterocycles. The maximum Gasteiger partial charge on any atom is 0.274 e. The van der Waals surface area contributed by atoms with Gasteiger partial charge in [0.15, 0.2) is 0 Å². The summed E-state index contributed by atoms with van der Waals surface area (Å²) in [6.45, 7) is 6.68. The molecule has 0 aliphatic carbocycles. The number of anilines is 1. The quantitative estimate of drug-likeness (QED) is 0.792. The number of rotatable bonds is 6. The zero-order valence-electron chi connectivity index (χ0n) is 13.8. The highest BCUT2D eigenvalue weighted by molar-refractivity contribution is 5.31. The van der Waals surface area contributed by atoms with Crippen molar-refractivity contribution in [3.05, 3.63) is 40.3 Å². The molecule has 2 rings (SSSR count). The van der Waals surface area contributed by atoms with E-state index in [1.54, 1.807) is 7.11 Å². The molecule has 7 heteroatoms. The molecule has 0 amide bonds. The first-order valence-electron chi connectivity index (χ1n) is 7.38. The molecule has 1 aromatic carbocycles. The van der Waals surface area contributed by atoms with Crippen LogP contribution in [0.2, 0.25) is 0 Å². The van der Waals surface area contributed by atoms with Crippen LogP contribution in [0.15, 0.2) is 29.1 Å². The van der Waals surface area contributed by atoms with E-state index in [4.69, 9.17) is 9.47 Å². The number of ether oxygens (including phenoxy) is 2. The summed E-state index contributed by atoms with van der Waals surface area (Å²) < 4.78 is 10.7. The van der Waals surface area contributed by atoms with Crippen molar-refractivity contribution in [2.75, 3.05) is 25.6 Å². The summed E-state index contributed by atoms with van der Waals surface area (Å²) in [7, 11) is 1.62. The van der Waals surface area contributed by atoms with Crippen LogP contribution in [0.4, 0.5) is 5.95 Å². The normalized spacial score (nSPS) is 11.1. The standard InChI is InChI=1S/C16H22N4O3/c1-16(2,3)13-14(21)18-15(20-19-13)17-9-10-23-12-7-5-11(22-4)6-8-12/h5-8H,9-10H2,1-4H3,(H2,17,18,20,21). The molecule has 0 aliphatic heterocycles. The number of hydrogen-bond donors (Lipinski definition) is 2. The van der Waals surface area contributed by atoms with Crippen molar-refractivity contribution in [3.63, 3.8) is 0 Å². The van der Waals surface area contributed by atoms with Crippen LogP contribution in [0.3, 0.4) is 0 Å². The summed E-state index contributed by atoms with van der Waals surface area (Å²) in [5, 5.41) is 11.0. The van der Waals surface area contributed by atoms with Gasteiger partial charge in [0.25, 0.3) is 5.56 Å². The summed E-state index contributed by atoms with van der Waals surface area (Å²) >= 11 is 0. The second-order valence-electron chi connectivity index (χ2n) is 6.05. The second-order valence-corrected chi connectivity index (χ2v) is 6.05. The van der Waals surface area contributed by atoms with Crippen molar-refractivity contribution >= 4 is 5.95 Å². The van der Waals surface area contributed by atoms with Gasteiger partial charge in [-0.25, -0.2) is 0 Å². The van der Waals surface area contributed by atoms with E-state index in [2.05, 4.69) is 20.5 Å². The number of aromatic amines is 1. The van der Waals surface area contributed by atoms with Crippen LogP contribution in [-0.2, 0) is 5.41 Å². The third-order valence-electron chi connectivity index (χ3n) is 3.13. The van der Waals surface area contributed by atoms with Crippen LogP contribution in [0.1, 0.15) is 26.5 Å². The van der Waals surface area contributed by atoms with Gasteiger partial charge in [-0.05, 0) is 24.3 Å². The summed E-state index contributed by atoms with van der Waals surface area (Å²) in [5.74, 6) is 1.86. The number of benzene rings is 1. The number of H-pyrrole nitrogens is 1. The summed E-state index contributed by atoms with van der Waals surface area (Å²) in [4.78, 5) is 14.6. The first-order valence-corrected chi connectivity index (χ1v) is 7.38. The predicted octanol–water partition coefficient (Wildman–Crippen LogP) is 1.96. The van der Waals surface area contributed by atoms with Gasteiger partial charge in [-0.3, -0.25) is 9.78 Å². The van der Waals surface area contributed by atoms with Crippen LogP contribution in [0.25, 0.3) is 0 Å². The van der Waals surface area contributed by atoms with E-state index < -0.39 is 0 Å². The van der Waals surface area contributed by atoms with Gasteiger partial charge in [0.1, 0.15) is 23.8 Å². The van der Waals surface area contributed by atoms with Crippen molar-refractivity contribution in [1.29, 1.82) is 0 Å². The van der Waals surface area contributed by atoms with Crippen molar-refractivity contribution in [1.82, 2.24) is 15.2 Å². The van der Waals surface area contributed by atoms with Gasteiger partial charge in [-0.2, -0.15) is 0 Å². The minimum absolute atomic E-state index is 0.230. The Morgan fingerprint density at radius 3 is 2.35 bits per heavy atom. The number of nitrogens with one attached hydrogen (secondary N) is 2. The maximum atomic E-state index is 12.0. The van der Waals surface area contributed by atoms with Gasteiger partial charge in [0, 0.05) is 5.41 Å². The number of nitrogens with zero attached hydrogens (tertiary/aromatic N) is 2. The van der Waals surface area contributed by atoms with Crippen LogP contribution >= 0.6 is 0 Å². The molecule has 0 saturated heterocycles.